The van der Waals surface area contributed by atoms with Crippen molar-refractivity contribution in [3.05, 3.63) is 46.5 Å². The fourth-order valence-corrected chi connectivity index (χ4v) is 2.44. The molecule has 0 spiro atoms. The van der Waals surface area contributed by atoms with Crippen molar-refractivity contribution in [2.45, 2.75) is 46.2 Å². The fourth-order valence-electron chi connectivity index (χ4n) is 2.09. The molecule has 0 atom stereocenters. The van der Waals surface area contributed by atoms with Gasteiger partial charge in [0.05, 0.1) is 5.69 Å². The molecule has 0 aliphatic heterocycles. The van der Waals surface area contributed by atoms with Gasteiger partial charge in [0.1, 0.15) is 5.82 Å². The molecule has 4 heteroatoms. The predicted octanol–water partition coefficient (Wildman–Crippen LogP) is 4.09. The van der Waals surface area contributed by atoms with E-state index in [0.29, 0.717) is 0 Å². The summed E-state index contributed by atoms with van der Waals surface area (Å²) in [6, 6.07) is 6.41. The first-order chi connectivity index (χ1) is 9.40. The van der Waals surface area contributed by atoms with Crippen LogP contribution >= 0.6 is 15.9 Å². The molecule has 0 fully saturated rings. The number of nitrogens with zero attached hydrogens (tertiary/aromatic N) is 2. The van der Waals surface area contributed by atoms with Crippen LogP contribution in [0.1, 0.15) is 39.1 Å². The molecule has 1 heterocycles. The molecule has 0 saturated carbocycles. The summed E-state index contributed by atoms with van der Waals surface area (Å²) in [6.07, 6.45) is 4.81. The first kappa shape index (κ1) is 15.3. The van der Waals surface area contributed by atoms with Crippen LogP contribution in [0, 0.1) is 0 Å². The van der Waals surface area contributed by atoms with Crippen LogP contribution < -0.4 is 5.32 Å². The molecular formula is C16H22BrN3. The fraction of sp³-hybridized carbons (Fsp3) is 0.438. The Hall–Kier alpha value is -1.13. The molecule has 0 aliphatic rings. The SMILES string of the molecule is CCc1nccn1-c1cc(Br)ccc1CNC(C)(C)C. The van der Waals surface area contributed by atoms with Gasteiger partial charge in [-0.15, -0.1) is 0 Å². The van der Waals surface area contributed by atoms with Gasteiger partial charge in [-0.3, -0.25) is 0 Å². The zero-order valence-corrected chi connectivity index (χ0v) is 14.2. The van der Waals surface area contributed by atoms with Crippen LogP contribution in [-0.4, -0.2) is 15.1 Å². The molecular weight excluding hydrogens is 314 g/mol. The van der Waals surface area contributed by atoms with Gasteiger partial charge in [-0.1, -0.05) is 28.9 Å². The molecule has 3 nitrogen and oxygen atoms in total. The van der Waals surface area contributed by atoms with E-state index in [9.17, 15) is 0 Å². The monoisotopic (exact) mass is 335 g/mol. The maximum absolute atomic E-state index is 4.42. The van der Waals surface area contributed by atoms with Gasteiger partial charge < -0.3 is 9.88 Å². The lowest BCUT2D eigenvalue weighted by Gasteiger charge is -2.22. The highest BCUT2D eigenvalue weighted by molar-refractivity contribution is 9.10. The summed E-state index contributed by atoms with van der Waals surface area (Å²) < 4.78 is 3.26. The second-order valence-corrected chi connectivity index (χ2v) is 6.86. The number of aromatic nitrogens is 2. The Labute approximate surface area is 129 Å². The Morgan fingerprint density at radius 1 is 1.30 bits per heavy atom. The third kappa shape index (κ3) is 3.70. The molecule has 0 unspecified atom stereocenters. The Morgan fingerprint density at radius 2 is 2.05 bits per heavy atom. The van der Waals surface area contributed by atoms with Crippen LogP contribution in [0.15, 0.2) is 35.1 Å². The van der Waals surface area contributed by atoms with E-state index in [1.807, 2.05) is 12.4 Å². The lowest BCUT2D eigenvalue weighted by Crippen LogP contribution is -2.35. The Balaban J connectivity index is 2.38. The standard InChI is InChI=1S/C16H22BrN3/c1-5-15-18-8-9-20(15)14-10-13(17)7-6-12(14)11-19-16(2,3)4/h6-10,19H,5,11H2,1-4H3. The van der Waals surface area contributed by atoms with E-state index < -0.39 is 0 Å². The topological polar surface area (TPSA) is 29.9 Å². The summed E-state index contributed by atoms with van der Waals surface area (Å²) in [6.45, 7) is 9.51. The lowest BCUT2D eigenvalue weighted by molar-refractivity contribution is 0.424. The van der Waals surface area contributed by atoms with Gasteiger partial charge in [-0.05, 0) is 38.5 Å². The van der Waals surface area contributed by atoms with Crippen molar-refractivity contribution in [3.63, 3.8) is 0 Å². The van der Waals surface area contributed by atoms with Crippen molar-refractivity contribution in [1.82, 2.24) is 14.9 Å². The molecule has 20 heavy (non-hydrogen) atoms. The average Bonchev–Trinajstić information content (AvgIpc) is 2.84. The zero-order chi connectivity index (χ0) is 14.8. The summed E-state index contributed by atoms with van der Waals surface area (Å²) in [7, 11) is 0. The molecule has 0 saturated heterocycles. The highest BCUT2D eigenvalue weighted by atomic mass is 79.9. The van der Waals surface area contributed by atoms with Crippen LogP contribution in [0.25, 0.3) is 5.69 Å². The molecule has 108 valence electrons. The van der Waals surface area contributed by atoms with E-state index >= 15 is 0 Å². The third-order valence-electron chi connectivity index (χ3n) is 3.15. The minimum absolute atomic E-state index is 0.104. The van der Waals surface area contributed by atoms with Crippen molar-refractivity contribution in [3.8, 4) is 5.69 Å². The van der Waals surface area contributed by atoms with Crippen LogP contribution in [0.4, 0.5) is 0 Å². The summed E-state index contributed by atoms with van der Waals surface area (Å²) >= 11 is 3.56. The van der Waals surface area contributed by atoms with Crippen LogP contribution in [-0.2, 0) is 13.0 Å². The second-order valence-electron chi connectivity index (χ2n) is 5.94. The average molecular weight is 336 g/mol. The van der Waals surface area contributed by atoms with Gasteiger partial charge in [-0.2, -0.15) is 0 Å². The number of hydrogen-bond acceptors (Lipinski definition) is 2. The van der Waals surface area contributed by atoms with Gasteiger partial charge in [0.15, 0.2) is 0 Å². The van der Waals surface area contributed by atoms with Gasteiger partial charge in [-0.25, -0.2) is 4.98 Å². The molecule has 0 bridgehead atoms. The molecule has 0 radical (unpaired) electrons. The van der Waals surface area contributed by atoms with Gasteiger partial charge in [0, 0.05) is 35.4 Å². The first-order valence-corrected chi connectivity index (χ1v) is 7.76. The summed E-state index contributed by atoms with van der Waals surface area (Å²) in [4.78, 5) is 4.42. The minimum atomic E-state index is 0.104. The minimum Gasteiger partial charge on any atom is -0.308 e. The third-order valence-corrected chi connectivity index (χ3v) is 3.64. The zero-order valence-electron chi connectivity index (χ0n) is 12.6. The molecule has 2 rings (SSSR count). The molecule has 0 aliphatic carbocycles. The Bertz CT molecular complexity index is 582. The Morgan fingerprint density at radius 3 is 2.70 bits per heavy atom. The number of hydrogen-bond donors (Lipinski definition) is 1. The maximum Gasteiger partial charge on any atom is 0.112 e. The van der Waals surface area contributed by atoms with E-state index in [4.69, 9.17) is 0 Å². The van der Waals surface area contributed by atoms with Gasteiger partial charge >= 0.3 is 0 Å². The van der Waals surface area contributed by atoms with Crippen molar-refractivity contribution < 1.29 is 0 Å². The number of halogens is 1. The number of aryl methyl sites for hydroxylation is 1. The number of rotatable bonds is 4. The van der Waals surface area contributed by atoms with E-state index in [2.05, 4.69) is 76.7 Å². The molecule has 1 aromatic carbocycles. The largest absolute Gasteiger partial charge is 0.308 e. The Kier molecular flexibility index (Phi) is 4.66. The van der Waals surface area contributed by atoms with E-state index in [1.165, 1.54) is 11.3 Å². The van der Waals surface area contributed by atoms with Crippen LogP contribution in [0.3, 0.4) is 0 Å². The van der Waals surface area contributed by atoms with Gasteiger partial charge in [0.25, 0.3) is 0 Å². The first-order valence-electron chi connectivity index (χ1n) is 6.97. The molecule has 0 amide bonds. The molecule has 1 aromatic heterocycles. The lowest BCUT2D eigenvalue weighted by atomic mass is 10.1. The quantitative estimate of drug-likeness (QED) is 0.912. The normalized spacial score (nSPS) is 11.8. The van der Waals surface area contributed by atoms with Crippen molar-refractivity contribution in [1.29, 1.82) is 0 Å². The van der Waals surface area contributed by atoms with Crippen molar-refractivity contribution in [2.24, 2.45) is 0 Å². The van der Waals surface area contributed by atoms with E-state index in [1.54, 1.807) is 0 Å². The van der Waals surface area contributed by atoms with Gasteiger partial charge in [0.2, 0.25) is 0 Å². The smallest absolute Gasteiger partial charge is 0.112 e. The summed E-state index contributed by atoms with van der Waals surface area (Å²) in [5, 5.41) is 3.55. The van der Waals surface area contributed by atoms with Crippen LogP contribution in [0.2, 0.25) is 0 Å². The predicted molar refractivity (Wildman–Crippen MR) is 87.2 cm³/mol. The highest BCUT2D eigenvalue weighted by Crippen LogP contribution is 2.22. The second kappa shape index (κ2) is 6.10. The van der Waals surface area contributed by atoms with E-state index in [-0.39, 0.29) is 5.54 Å². The molecule has 1 N–H and O–H groups in total. The summed E-state index contributed by atoms with van der Waals surface area (Å²) in [5.41, 5.74) is 2.56. The summed E-state index contributed by atoms with van der Waals surface area (Å²) in [5.74, 6) is 1.08. The highest BCUT2D eigenvalue weighted by Gasteiger charge is 2.13. The van der Waals surface area contributed by atoms with Crippen molar-refractivity contribution in [2.75, 3.05) is 0 Å². The molecule has 2 aromatic rings. The van der Waals surface area contributed by atoms with Crippen molar-refractivity contribution >= 4 is 15.9 Å². The number of nitrogens with one attached hydrogen (secondary N) is 1. The maximum atomic E-state index is 4.42. The van der Waals surface area contributed by atoms with E-state index in [0.717, 1.165) is 23.3 Å². The number of imidazole rings is 1. The number of benzene rings is 1. The van der Waals surface area contributed by atoms with Crippen LogP contribution in [0.5, 0.6) is 0 Å².